The van der Waals surface area contributed by atoms with E-state index in [0.29, 0.717) is 16.5 Å². The number of nitrogens with one attached hydrogen (secondary N) is 1. The van der Waals surface area contributed by atoms with Gasteiger partial charge in [0.1, 0.15) is 5.82 Å². The Hall–Kier alpha value is -3.15. The molecule has 0 saturated heterocycles. The fraction of sp³-hybridized carbons (Fsp3) is 0.0833. The molecule has 0 fully saturated rings. The zero-order valence-electron chi connectivity index (χ0n) is 16.3. The van der Waals surface area contributed by atoms with Crippen LogP contribution in [0.3, 0.4) is 0 Å². The van der Waals surface area contributed by atoms with E-state index in [0.717, 1.165) is 33.8 Å². The second kappa shape index (κ2) is 8.17. The highest BCUT2D eigenvalue weighted by Gasteiger charge is 2.27. The standard InChI is InChI=1S/C24H17Cl2FN4/c25-20-11-8-16(12-21(20)26)24-19(14-31(30-24)18-4-2-1-3-5-18)23-13-22(28-29-23)15-6-9-17(27)10-7-15/h1-12,14,23,29H,13H2. The van der Waals surface area contributed by atoms with Gasteiger partial charge < -0.3 is 5.43 Å². The SMILES string of the molecule is Fc1ccc(C2=NNC(c3cn(-c4ccccc4)nc3-c3ccc(Cl)c(Cl)c3)C2)cc1. The Kier molecular flexibility index (Phi) is 5.22. The van der Waals surface area contributed by atoms with Gasteiger partial charge >= 0.3 is 0 Å². The van der Waals surface area contributed by atoms with Crippen LogP contribution in [0, 0.1) is 5.82 Å². The average Bonchev–Trinajstić information content (AvgIpc) is 3.44. The van der Waals surface area contributed by atoms with Gasteiger partial charge in [-0.25, -0.2) is 9.07 Å². The number of benzene rings is 3. The normalized spacial score (nSPS) is 15.6. The number of para-hydroxylation sites is 1. The third-order valence-electron chi connectivity index (χ3n) is 5.26. The van der Waals surface area contributed by atoms with Crippen molar-refractivity contribution in [2.75, 3.05) is 0 Å². The summed E-state index contributed by atoms with van der Waals surface area (Å²) in [7, 11) is 0. The summed E-state index contributed by atoms with van der Waals surface area (Å²) in [5, 5.41) is 10.3. The molecule has 2 heterocycles. The van der Waals surface area contributed by atoms with E-state index in [1.807, 2.05) is 53.3 Å². The fourth-order valence-corrected chi connectivity index (χ4v) is 3.97. The number of rotatable bonds is 4. The molecule has 1 aliphatic rings. The lowest BCUT2D eigenvalue weighted by Gasteiger charge is -2.10. The summed E-state index contributed by atoms with van der Waals surface area (Å²) in [6.07, 6.45) is 2.66. The van der Waals surface area contributed by atoms with Gasteiger partial charge in [-0.05, 0) is 42.0 Å². The molecule has 4 nitrogen and oxygen atoms in total. The van der Waals surface area contributed by atoms with E-state index in [9.17, 15) is 4.39 Å². The predicted octanol–water partition coefficient (Wildman–Crippen LogP) is 6.42. The topological polar surface area (TPSA) is 42.2 Å². The van der Waals surface area contributed by atoms with E-state index in [2.05, 4.69) is 10.5 Å². The summed E-state index contributed by atoms with van der Waals surface area (Å²) in [5.41, 5.74) is 8.60. The van der Waals surface area contributed by atoms with Crippen molar-refractivity contribution in [2.45, 2.75) is 12.5 Å². The van der Waals surface area contributed by atoms with Gasteiger partial charge in [-0.2, -0.15) is 10.2 Å². The van der Waals surface area contributed by atoms with E-state index in [-0.39, 0.29) is 11.9 Å². The second-order valence-corrected chi connectivity index (χ2v) is 8.11. The maximum absolute atomic E-state index is 13.3. The van der Waals surface area contributed by atoms with Crippen molar-refractivity contribution in [3.8, 4) is 16.9 Å². The van der Waals surface area contributed by atoms with Crippen molar-refractivity contribution in [1.29, 1.82) is 0 Å². The third kappa shape index (κ3) is 3.94. The number of hydrogen-bond donors (Lipinski definition) is 1. The molecule has 31 heavy (non-hydrogen) atoms. The van der Waals surface area contributed by atoms with Crippen LogP contribution in [0.4, 0.5) is 4.39 Å². The molecule has 7 heteroatoms. The summed E-state index contributed by atoms with van der Waals surface area (Å²) in [6.45, 7) is 0. The van der Waals surface area contributed by atoms with Crippen LogP contribution in [0.25, 0.3) is 16.9 Å². The first-order chi connectivity index (χ1) is 15.1. The first-order valence-corrected chi connectivity index (χ1v) is 10.5. The van der Waals surface area contributed by atoms with Crippen LogP contribution in [-0.2, 0) is 0 Å². The minimum atomic E-state index is -0.266. The van der Waals surface area contributed by atoms with E-state index in [1.54, 1.807) is 18.2 Å². The van der Waals surface area contributed by atoms with Gasteiger partial charge in [-0.3, -0.25) is 0 Å². The maximum atomic E-state index is 13.3. The van der Waals surface area contributed by atoms with E-state index < -0.39 is 0 Å². The quantitative estimate of drug-likeness (QED) is 0.389. The lowest BCUT2D eigenvalue weighted by Crippen LogP contribution is -2.10. The van der Waals surface area contributed by atoms with Crippen molar-refractivity contribution in [3.05, 3.63) is 106 Å². The van der Waals surface area contributed by atoms with Crippen molar-refractivity contribution in [3.63, 3.8) is 0 Å². The van der Waals surface area contributed by atoms with Crippen LogP contribution in [0.1, 0.15) is 23.6 Å². The molecule has 1 atom stereocenters. The van der Waals surface area contributed by atoms with Gasteiger partial charge in [0.25, 0.3) is 0 Å². The molecule has 1 unspecified atom stereocenters. The largest absolute Gasteiger partial charge is 0.302 e. The van der Waals surface area contributed by atoms with Crippen molar-refractivity contribution in [2.24, 2.45) is 5.10 Å². The monoisotopic (exact) mass is 450 g/mol. The van der Waals surface area contributed by atoms with Crippen LogP contribution in [0.2, 0.25) is 10.0 Å². The number of nitrogens with zero attached hydrogens (tertiary/aromatic N) is 3. The van der Waals surface area contributed by atoms with Gasteiger partial charge in [0.2, 0.25) is 0 Å². The molecular weight excluding hydrogens is 434 g/mol. The predicted molar refractivity (Wildman–Crippen MR) is 122 cm³/mol. The van der Waals surface area contributed by atoms with Crippen LogP contribution in [-0.4, -0.2) is 15.5 Å². The second-order valence-electron chi connectivity index (χ2n) is 7.29. The minimum absolute atomic E-state index is 0.0815. The van der Waals surface area contributed by atoms with Gasteiger partial charge in [0, 0.05) is 23.7 Å². The molecule has 5 rings (SSSR count). The highest BCUT2D eigenvalue weighted by Crippen LogP contribution is 2.35. The van der Waals surface area contributed by atoms with Crippen molar-refractivity contribution >= 4 is 28.9 Å². The number of hydrogen-bond acceptors (Lipinski definition) is 3. The molecule has 1 N–H and O–H groups in total. The Bertz CT molecular complexity index is 1270. The third-order valence-corrected chi connectivity index (χ3v) is 6.00. The highest BCUT2D eigenvalue weighted by atomic mass is 35.5. The fourth-order valence-electron chi connectivity index (χ4n) is 3.67. The van der Waals surface area contributed by atoms with E-state index >= 15 is 0 Å². The van der Waals surface area contributed by atoms with Crippen LogP contribution in [0.15, 0.2) is 84.1 Å². The van der Waals surface area contributed by atoms with Crippen molar-refractivity contribution in [1.82, 2.24) is 15.2 Å². The Morgan fingerprint density at radius 2 is 1.65 bits per heavy atom. The molecule has 4 aromatic rings. The molecule has 1 aromatic heterocycles. The highest BCUT2D eigenvalue weighted by molar-refractivity contribution is 6.42. The average molecular weight is 451 g/mol. The Morgan fingerprint density at radius 1 is 0.903 bits per heavy atom. The molecule has 0 radical (unpaired) electrons. The molecule has 0 spiro atoms. The van der Waals surface area contributed by atoms with Gasteiger partial charge in [-0.1, -0.05) is 59.6 Å². The molecular formula is C24H17Cl2FN4. The number of halogens is 3. The first kappa shape index (κ1) is 19.8. The van der Waals surface area contributed by atoms with Gasteiger partial charge in [0.05, 0.1) is 33.2 Å². The van der Waals surface area contributed by atoms with Crippen LogP contribution < -0.4 is 5.43 Å². The summed E-state index contributed by atoms with van der Waals surface area (Å²) >= 11 is 12.4. The molecule has 0 amide bonds. The molecule has 0 aliphatic carbocycles. The van der Waals surface area contributed by atoms with E-state index in [4.69, 9.17) is 28.3 Å². The van der Waals surface area contributed by atoms with E-state index in [1.165, 1.54) is 12.1 Å². The lowest BCUT2D eigenvalue weighted by molar-refractivity contribution is 0.621. The molecule has 1 aliphatic heterocycles. The molecule has 0 bridgehead atoms. The Labute approximate surface area is 188 Å². The number of hydrazone groups is 1. The summed E-state index contributed by atoms with van der Waals surface area (Å²) < 4.78 is 15.1. The van der Waals surface area contributed by atoms with Crippen LogP contribution in [0.5, 0.6) is 0 Å². The summed E-state index contributed by atoms with van der Waals surface area (Å²) in [5.74, 6) is -0.266. The van der Waals surface area contributed by atoms with Gasteiger partial charge in [0.15, 0.2) is 0 Å². The molecule has 0 saturated carbocycles. The zero-order valence-corrected chi connectivity index (χ0v) is 17.8. The lowest BCUT2D eigenvalue weighted by atomic mass is 9.97. The summed E-state index contributed by atoms with van der Waals surface area (Å²) in [6, 6.07) is 21.7. The molecule has 154 valence electrons. The summed E-state index contributed by atoms with van der Waals surface area (Å²) in [4.78, 5) is 0. The van der Waals surface area contributed by atoms with Crippen molar-refractivity contribution < 1.29 is 4.39 Å². The number of aromatic nitrogens is 2. The van der Waals surface area contributed by atoms with Crippen LogP contribution >= 0.6 is 23.2 Å². The Balaban J connectivity index is 1.53. The van der Waals surface area contributed by atoms with Gasteiger partial charge in [-0.15, -0.1) is 0 Å². The molecule has 3 aromatic carbocycles. The maximum Gasteiger partial charge on any atom is 0.123 e. The minimum Gasteiger partial charge on any atom is -0.302 e. The Morgan fingerprint density at radius 3 is 2.39 bits per heavy atom. The smallest absolute Gasteiger partial charge is 0.123 e. The zero-order chi connectivity index (χ0) is 21.4. The first-order valence-electron chi connectivity index (χ1n) is 9.77.